The van der Waals surface area contributed by atoms with Crippen LogP contribution in [0.5, 0.6) is 5.75 Å². The van der Waals surface area contributed by atoms with Crippen LogP contribution in [0.3, 0.4) is 0 Å². The maximum absolute atomic E-state index is 12.7. The molecule has 3 aromatic heterocycles. The van der Waals surface area contributed by atoms with E-state index in [-0.39, 0.29) is 17.7 Å². The normalized spacial score (nSPS) is 14.8. The van der Waals surface area contributed by atoms with Crippen molar-refractivity contribution in [2.45, 2.75) is 25.7 Å². The van der Waals surface area contributed by atoms with Gasteiger partial charge in [-0.3, -0.25) is 4.79 Å². The highest BCUT2D eigenvalue weighted by atomic mass is 16.3. The van der Waals surface area contributed by atoms with E-state index in [9.17, 15) is 9.90 Å². The molecule has 8 nitrogen and oxygen atoms in total. The van der Waals surface area contributed by atoms with E-state index in [0.717, 1.165) is 40.0 Å². The zero-order valence-corrected chi connectivity index (χ0v) is 21.5. The minimum absolute atomic E-state index is 0.124. The lowest BCUT2D eigenvalue weighted by Gasteiger charge is -2.15. The Labute approximate surface area is 224 Å². The molecule has 0 aliphatic carbocycles. The number of H-pyrrole nitrogens is 1. The molecule has 0 saturated heterocycles. The number of phenolic OH excluding ortho intramolecular Hbond substituents is 1. The summed E-state index contributed by atoms with van der Waals surface area (Å²) < 4.78 is 4.19. The number of nitrogens with zero attached hydrogens (tertiary/aromatic N) is 3. The fraction of sp³-hybridized carbons (Fsp3) is 0.161. The van der Waals surface area contributed by atoms with Crippen molar-refractivity contribution in [2.75, 3.05) is 0 Å². The number of phenols is 1. The number of para-hydroxylation sites is 1. The van der Waals surface area contributed by atoms with E-state index < -0.39 is 0 Å². The summed E-state index contributed by atoms with van der Waals surface area (Å²) in [5.41, 5.74) is 7.84. The van der Waals surface area contributed by atoms with Gasteiger partial charge in [-0.1, -0.05) is 30.3 Å². The number of carbonyl (C=O) groups is 1. The maximum Gasteiger partial charge on any atom is 0.252 e. The number of hydrogen-bond donors (Lipinski definition) is 4. The van der Waals surface area contributed by atoms with Crippen LogP contribution in [-0.4, -0.2) is 30.1 Å². The number of rotatable bonds is 7. The first-order valence-electron chi connectivity index (χ1n) is 13.0. The summed E-state index contributed by atoms with van der Waals surface area (Å²) in [7, 11) is 1.98. The number of aryl methyl sites for hydroxylation is 1. The minimum Gasteiger partial charge on any atom is -0.508 e. The fourth-order valence-corrected chi connectivity index (χ4v) is 5.73. The van der Waals surface area contributed by atoms with Gasteiger partial charge in [0.2, 0.25) is 0 Å². The second-order valence-electron chi connectivity index (χ2n) is 10.2. The van der Waals surface area contributed by atoms with Crippen molar-refractivity contribution in [1.82, 2.24) is 29.7 Å². The fourth-order valence-electron chi connectivity index (χ4n) is 5.73. The van der Waals surface area contributed by atoms with Crippen LogP contribution in [0.2, 0.25) is 0 Å². The first-order chi connectivity index (χ1) is 19.0. The van der Waals surface area contributed by atoms with E-state index in [1.54, 1.807) is 18.2 Å². The zero-order chi connectivity index (χ0) is 26.5. The van der Waals surface area contributed by atoms with Crippen LogP contribution in [0.4, 0.5) is 0 Å². The molecule has 1 amide bonds. The number of aromatic hydroxyl groups is 1. The second-order valence-corrected chi connectivity index (χ2v) is 10.2. The standard InChI is InChI=1S/C31H28N6O2/c1-36-16-21(33-18-36)17-37-11-10-20-7-6-19(12-28(20)37)14-32-15-27-29(24-4-2-3-5-26(24)34-27)30-25-13-22(38)8-9-23(25)31(39)35-30/h2-13,16,18,30,32,34,38H,14-15,17H2,1H3,(H,35,39)/t30-/m1/s1. The summed E-state index contributed by atoms with van der Waals surface area (Å²) in [6.45, 7) is 2.01. The predicted octanol–water partition coefficient (Wildman–Crippen LogP) is 4.73. The number of benzene rings is 3. The lowest BCUT2D eigenvalue weighted by molar-refractivity contribution is 0.0960. The van der Waals surface area contributed by atoms with Gasteiger partial charge >= 0.3 is 0 Å². The quantitative estimate of drug-likeness (QED) is 0.246. The summed E-state index contributed by atoms with van der Waals surface area (Å²) in [4.78, 5) is 20.8. The molecule has 194 valence electrons. The molecule has 8 heteroatoms. The van der Waals surface area contributed by atoms with E-state index in [4.69, 9.17) is 0 Å². The third kappa shape index (κ3) is 4.15. The Kier molecular flexibility index (Phi) is 5.49. The van der Waals surface area contributed by atoms with Crippen molar-refractivity contribution in [3.8, 4) is 5.75 Å². The monoisotopic (exact) mass is 516 g/mol. The molecule has 39 heavy (non-hydrogen) atoms. The van der Waals surface area contributed by atoms with Crippen molar-refractivity contribution in [3.05, 3.63) is 119 Å². The van der Waals surface area contributed by atoms with Gasteiger partial charge in [0, 0.05) is 65.8 Å². The van der Waals surface area contributed by atoms with Crippen molar-refractivity contribution in [3.63, 3.8) is 0 Å². The molecule has 6 aromatic rings. The zero-order valence-electron chi connectivity index (χ0n) is 21.5. The summed E-state index contributed by atoms with van der Waals surface area (Å²) in [6, 6.07) is 21.4. The molecule has 1 atom stereocenters. The van der Waals surface area contributed by atoms with Crippen LogP contribution in [0, 0.1) is 0 Å². The van der Waals surface area contributed by atoms with Gasteiger partial charge < -0.3 is 29.9 Å². The molecule has 0 spiro atoms. The summed E-state index contributed by atoms with van der Waals surface area (Å²) in [5, 5.41) is 19.1. The van der Waals surface area contributed by atoms with Gasteiger partial charge in [0.15, 0.2) is 0 Å². The minimum atomic E-state index is -0.334. The van der Waals surface area contributed by atoms with E-state index in [2.05, 4.69) is 61.7 Å². The molecule has 3 aromatic carbocycles. The summed E-state index contributed by atoms with van der Waals surface area (Å²) in [5.74, 6) is 0.0270. The average molecular weight is 517 g/mol. The number of aromatic nitrogens is 4. The molecule has 4 heterocycles. The molecular weight excluding hydrogens is 488 g/mol. The molecule has 0 bridgehead atoms. The lowest BCUT2D eigenvalue weighted by Crippen LogP contribution is -2.22. The topological polar surface area (TPSA) is 99.9 Å². The highest BCUT2D eigenvalue weighted by Gasteiger charge is 2.33. The highest BCUT2D eigenvalue weighted by Crippen LogP contribution is 2.38. The van der Waals surface area contributed by atoms with Crippen LogP contribution >= 0.6 is 0 Å². The van der Waals surface area contributed by atoms with Crippen LogP contribution < -0.4 is 10.6 Å². The Hall–Kier alpha value is -4.82. The van der Waals surface area contributed by atoms with Crippen molar-refractivity contribution < 1.29 is 9.90 Å². The largest absolute Gasteiger partial charge is 0.508 e. The van der Waals surface area contributed by atoms with E-state index in [1.807, 2.05) is 42.3 Å². The van der Waals surface area contributed by atoms with E-state index in [0.29, 0.717) is 18.7 Å². The van der Waals surface area contributed by atoms with Gasteiger partial charge in [-0.2, -0.15) is 0 Å². The van der Waals surface area contributed by atoms with Gasteiger partial charge in [-0.15, -0.1) is 0 Å². The second kappa shape index (κ2) is 9.18. The lowest BCUT2D eigenvalue weighted by atomic mass is 9.95. The number of hydrogen-bond acceptors (Lipinski definition) is 4. The number of imidazole rings is 1. The van der Waals surface area contributed by atoms with Crippen LogP contribution in [0.25, 0.3) is 21.8 Å². The maximum atomic E-state index is 12.7. The molecule has 4 N–H and O–H groups in total. The van der Waals surface area contributed by atoms with Gasteiger partial charge in [0.1, 0.15) is 5.75 Å². The molecule has 1 aliphatic heterocycles. The van der Waals surface area contributed by atoms with Crippen LogP contribution in [0.1, 0.15) is 44.5 Å². The Morgan fingerprint density at radius 3 is 2.82 bits per heavy atom. The summed E-state index contributed by atoms with van der Waals surface area (Å²) in [6.07, 6.45) is 5.98. The Bertz CT molecular complexity index is 1860. The average Bonchev–Trinajstić information content (AvgIpc) is 3.69. The molecule has 0 radical (unpaired) electrons. The molecule has 0 fully saturated rings. The van der Waals surface area contributed by atoms with Gasteiger partial charge in [0.25, 0.3) is 5.91 Å². The molecule has 7 rings (SSSR count). The molecule has 0 unspecified atom stereocenters. The Morgan fingerprint density at radius 2 is 1.95 bits per heavy atom. The molecular formula is C31H28N6O2. The predicted molar refractivity (Wildman–Crippen MR) is 151 cm³/mol. The SMILES string of the molecule is Cn1cnc(Cn2ccc3ccc(CNCc4[nH]c5ccccc5c4[C@@H]4NC(=O)c5ccc(O)cc54)cc32)c1. The number of carbonyl (C=O) groups excluding carboxylic acids is 1. The van der Waals surface area contributed by atoms with Crippen molar-refractivity contribution in [1.29, 1.82) is 0 Å². The third-order valence-corrected chi connectivity index (χ3v) is 7.54. The van der Waals surface area contributed by atoms with Crippen molar-refractivity contribution in [2.24, 2.45) is 7.05 Å². The first kappa shape index (κ1) is 23.3. The molecule has 1 aliphatic rings. The van der Waals surface area contributed by atoms with Gasteiger partial charge in [0.05, 0.1) is 24.6 Å². The highest BCUT2D eigenvalue weighted by molar-refractivity contribution is 6.01. The third-order valence-electron chi connectivity index (χ3n) is 7.54. The Morgan fingerprint density at radius 1 is 1.05 bits per heavy atom. The van der Waals surface area contributed by atoms with Crippen molar-refractivity contribution >= 4 is 27.7 Å². The number of aromatic amines is 1. The van der Waals surface area contributed by atoms with E-state index >= 15 is 0 Å². The van der Waals surface area contributed by atoms with Gasteiger partial charge in [-0.25, -0.2) is 4.98 Å². The Balaban J connectivity index is 1.15. The number of amides is 1. The summed E-state index contributed by atoms with van der Waals surface area (Å²) >= 11 is 0. The smallest absolute Gasteiger partial charge is 0.252 e. The number of fused-ring (bicyclic) bond motifs is 3. The molecule has 0 saturated carbocycles. The number of nitrogens with one attached hydrogen (secondary N) is 3. The van der Waals surface area contributed by atoms with Gasteiger partial charge in [-0.05, 0) is 52.9 Å². The first-order valence-corrected chi connectivity index (χ1v) is 13.0. The van der Waals surface area contributed by atoms with E-state index in [1.165, 1.54) is 16.5 Å². The van der Waals surface area contributed by atoms with Crippen LogP contribution in [-0.2, 0) is 26.7 Å². The van der Waals surface area contributed by atoms with Crippen LogP contribution in [0.15, 0.2) is 85.5 Å².